The van der Waals surface area contributed by atoms with E-state index >= 15 is 0 Å². The fourth-order valence-electron chi connectivity index (χ4n) is 1.54. The highest BCUT2D eigenvalue weighted by Crippen LogP contribution is 2.20. The second-order valence-corrected chi connectivity index (χ2v) is 4.07. The molecule has 0 radical (unpaired) electrons. The Kier molecular flexibility index (Phi) is 3.44. The van der Waals surface area contributed by atoms with E-state index in [0.29, 0.717) is 0 Å². The fraction of sp³-hybridized carbons (Fsp3) is 0.167. The lowest BCUT2D eigenvalue weighted by Gasteiger charge is -2.09. The van der Waals surface area contributed by atoms with Gasteiger partial charge in [0.1, 0.15) is 6.29 Å². The molecule has 2 aromatic rings. The van der Waals surface area contributed by atoms with Gasteiger partial charge in [-0.2, -0.15) is 4.37 Å². The quantitative estimate of drug-likeness (QED) is 0.822. The average molecular weight is 232 g/mol. The van der Waals surface area contributed by atoms with Crippen molar-refractivity contribution in [2.75, 3.05) is 7.05 Å². The van der Waals surface area contributed by atoms with Crippen molar-refractivity contribution in [2.24, 2.45) is 0 Å². The number of carbonyl (C=O) groups is 1. The van der Waals surface area contributed by atoms with Gasteiger partial charge in [-0.05, 0) is 30.2 Å². The zero-order valence-electron chi connectivity index (χ0n) is 8.88. The molecule has 1 aromatic carbocycles. The predicted molar refractivity (Wildman–Crippen MR) is 65.4 cm³/mol. The number of hydrogen-bond donors (Lipinski definition) is 1. The summed E-state index contributed by atoms with van der Waals surface area (Å²) in [6.45, 7) is 0. The molecule has 1 N–H and O–H groups in total. The van der Waals surface area contributed by atoms with Gasteiger partial charge < -0.3 is 10.1 Å². The van der Waals surface area contributed by atoms with Gasteiger partial charge in [-0.15, -0.1) is 0 Å². The van der Waals surface area contributed by atoms with Crippen LogP contribution in [0.1, 0.15) is 11.6 Å². The van der Waals surface area contributed by atoms with Crippen LogP contribution in [-0.2, 0) is 4.79 Å². The first-order chi connectivity index (χ1) is 7.85. The molecule has 0 saturated carbocycles. The van der Waals surface area contributed by atoms with Gasteiger partial charge in [0.25, 0.3) is 0 Å². The topological polar surface area (TPSA) is 42.0 Å². The maximum Gasteiger partial charge on any atom is 0.141 e. The van der Waals surface area contributed by atoms with Crippen LogP contribution in [0.2, 0.25) is 0 Å². The van der Waals surface area contributed by atoms with Crippen LogP contribution in [-0.4, -0.2) is 17.7 Å². The van der Waals surface area contributed by atoms with Crippen LogP contribution in [0.3, 0.4) is 0 Å². The smallest absolute Gasteiger partial charge is 0.141 e. The van der Waals surface area contributed by atoms with Gasteiger partial charge in [-0.3, -0.25) is 0 Å². The standard InChI is InChI=1S/C12H12N2OS/c1-13-12(8-15)10-4-2-9(3-5-10)11-6-7-16-14-11/h2-8,12-13H,1H3. The van der Waals surface area contributed by atoms with Gasteiger partial charge in [-0.25, -0.2) is 0 Å². The Balaban J connectivity index is 2.26. The first kappa shape index (κ1) is 11.0. The Bertz CT molecular complexity index is 450. The van der Waals surface area contributed by atoms with Crippen LogP contribution in [0, 0.1) is 0 Å². The molecule has 0 aliphatic carbocycles. The van der Waals surface area contributed by atoms with E-state index in [0.717, 1.165) is 23.1 Å². The molecule has 0 amide bonds. The summed E-state index contributed by atoms with van der Waals surface area (Å²) >= 11 is 1.44. The normalized spacial score (nSPS) is 12.3. The maximum absolute atomic E-state index is 10.8. The van der Waals surface area contributed by atoms with E-state index in [-0.39, 0.29) is 6.04 Å². The first-order valence-corrected chi connectivity index (χ1v) is 5.82. The minimum absolute atomic E-state index is 0.232. The lowest BCUT2D eigenvalue weighted by atomic mass is 10.0. The summed E-state index contributed by atoms with van der Waals surface area (Å²) < 4.78 is 4.26. The van der Waals surface area contributed by atoms with E-state index in [4.69, 9.17) is 0 Å². The summed E-state index contributed by atoms with van der Waals surface area (Å²) in [6.07, 6.45) is 0.901. The third-order valence-electron chi connectivity index (χ3n) is 2.45. The third kappa shape index (κ3) is 2.18. The van der Waals surface area contributed by atoms with Crippen molar-refractivity contribution in [1.82, 2.24) is 9.69 Å². The number of nitrogens with zero attached hydrogens (tertiary/aromatic N) is 1. The van der Waals surface area contributed by atoms with E-state index in [1.165, 1.54) is 11.5 Å². The van der Waals surface area contributed by atoms with Crippen molar-refractivity contribution in [2.45, 2.75) is 6.04 Å². The Hall–Kier alpha value is -1.52. The lowest BCUT2D eigenvalue weighted by Crippen LogP contribution is -2.17. The van der Waals surface area contributed by atoms with Crippen molar-refractivity contribution < 1.29 is 4.79 Å². The molecule has 0 saturated heterocycles. The molecule has 0 bridgehead atoms. The van der Waals surface area contributed by atoms with E-state index < -0.39 is 0 Å². The molecular weight excluding hydrogens is 220 g/mol. The largest absolute Gasteiger partial charge is 0.307 e. The number of likely N-dealkylation sites (N-methyl/N-ethyl adjacent to an activating group) is 1. The van der Waals surface area contributed by atoms with Crippen LogP contribution in [0.5, 0.6) is 0 Å². The van der Waals surface area contributed by atoms with Crippen molar-refractivity contribution in [1.29, 1.82) is 0 Å². The Morgan fingerprint density at radius 3 is 2.56 bits per heavy atom. The number of aromatic nitrogens is 1. The molecule has 1 aromatic heterocycles. The average Bonchev–Trinajstić information content (AvgIpc) is 2.85. The van der Waals surface area contributed by atoms with Gasteiger partial charge >= 0.3 is 0 Å². The number of benzene rings is 1. The Labute approximate surface area is 98.3 Å². The highest BCUT2D eigenvalue weighted by Gasteiger charge is 2.07. The van der Waals surface area contributed by atoms with Gasteiger partial charge in [0.05, 0.1) is 11.7 Å². The second kappa shape index (κ2) is 5.01. The van der Waals surface area contributed by atoms with Gasteiger partial charge in [0.2, 0.25) is 0 Å². The highest BCUT2D eigenvalue weighted by molar-refractivity contribution is 7.03. The van der Waals surface area contributed by atoms with Gasteiger partial charge in [0, 0.05) is 10.9 Å². The third-order valence-corrected chi connectivity index (χ3v) is 3.01. The van der Waals surface area contributed by atoms with Crippen molar-refractivity contribution in [3.8, 4) is 11.3 Å². The minimum atomic E-state index is -0.232. The Morgan fingerprint density at radius 1 is 1.31 bits per heavy atom. The lowest BCUT2D eigenvalue weighted by molar-refractivity contribution is -0.109. The number of nitrogens with one attached hydrogen (secondary N) is 1. The molecule has 82 valence electrons. The van der Waals surface area contributed by atoms with Crippen LogP contribution < -0.4 is 5.32 Å². The van der Waals surface area contributed by atoms with E-state index in [2.05, 4.69) is 9.69 Å². The van der Waals surface area contributed by atoms with Crippen LogP contribution in [0.25, 0.3) is 11.3 Å². The van der Waals surface area contributed by atoms with Crippen LogP contribution >= 0.6 is 11.5 Å². The van der Waals surface area contributed by atoms with Gasteiger partial charge in [-0.1, -0.05) is 24.3 Å². The number of carbonyl (C=O) groups excluding carboxylic acids is 1. The highest BCUT2D eigenvalue weighted by atomic mass is 32.1. The minimum Gasteiger partial charge on any atom is -0.307 e. The maximum atomic E-state index is 10.8. The van der Waals surface area contributed by atoms with Gasteiger partial charge in [0.15, 0.2) is 0 Å². The summed E-state index contributed by atoms with van der Waals surface area (Å²) in [5.74, 6) is 0. The molecule has 2 rings (SSSR count). The summed E-state index contributed by atoms with van der Waals surface area (Å²) in [7, 11) is 1.77. The van der Waals surface area contributed by atoms with Crippen molar-refractivity contribution in [3.05, 3.63) is 41.3 Å². The first-order valence-electron chi connectivity index (χ1n) is 4.98. The van der Waals surface area contributed by atoms with E-state index in [1.807, 2.05) is 35.7 Å². The van der Waals surface area contributed by atoms with E-state index in [1.54, 1.807) is 7.05 Å². The van der Waals surface area contributed by atoms with Crippen molar-refractivity contribution >= 4 is 17.8 Å². The summed E-state index contributed by atoms with van der Waals surface area (Å²) in [5, 5.41) is 4.89. The molecule has 0 fully saturated rings. The zero-order valence-corrected chi connectivity index (χ0v) is 9.70. The summed E-state index contributed by atoms with van der Waals surface area (Å²) in [6, 6.07) is 9.62. The number of rotatable bonds is 4. The van der Waals surface area contributed by atoms with Crippen molar-refractivity contribution in [3.63, 3.8) is 0 Å². The van der Waals surface area contributed by atoms with Crippen LogP contribution in [0.15, 0.2) is 35.7 Å². The zero-order chi connectivity index (χ0) is 11.4. The Morgan fingerprint density at radius 2 is 2.06 bits per heavy atom. The SMILES string of the molecule is CNC(C=O)c1ccc(-c2ccsn2)cc1. The van der Waals surface area contributed by atoms with E-state index in [9.17, 15) is 4.79 Å². The molecule has 1 heterocycles. The fourth-order valence-corrected chi connectivity index (χ4v) is 2.07. The molecule has 4 heteroatoms. The molecule has 16 heavy (non-hydrogen) atoms. The summed E-state index contributed by atoms with van der Waals surface area (Å²) in [4.78, 5) is 10.8. The summed E-state index contributed by atoms with van der Waals surface area (Å²) in [5.41, 5.74) is 3.02. The van der Waals surface area contributed by atoms with Crippen LogP contribution in [0.4, 0.5) is 0 Å². The molecule has 3 nitrogen and oxygen atoms in total. The number of aldehydes is 1. The molecule has 1 unspecified atom stereocenters. The predicted octanol–water partition coefficient (Wildman–Crippen LogP) is 2.27. The molecular formula is C12H12N2OS. The molecule has 0 spiro atoms. The molecule has 1 atom stereocenters. The monoisotopic (exact) mass is 232 g/mol. The number of hydrogen-bond acceptors (Lipinski definition) is 4. The second-order valence-electron chi connectivity index (χ2n) is 3.41. The molecule has 0 aliphatic heterocycles. The molecule has 0 aliphatic rings.